The van der Waals surface area contributed by atoms with E-state index in [2.05, 4.69) is 15.0 Å². The number of hydrogen-bond donors (Lipinski definition) is 3. The molecule has 1 aliphatic rings. The second-order valence-electron chi connectivity index (χ2n) is 10.5. The molecule has 1 aliphatic heterocycles. The van der Waals surface area contributed by atoms with Crippen LogP contribution in [0.3, 0.4) is 0 Å². The van der Waals surface area contributed by atoms with Crippen molar-refractivity contribution in [3.8, 4) is 5.88 Å². The van der Waals surface area contributed by atoms with Gasteiger partial charge in [-0.3, -0.25) is 14.9 Å². The molecular formula is C33H30N6O4. The predicted molar refractivity (Wildman–Crippen MR) is 166 cm³/mol. The number of aromatic amines is 2. The lowest BCUT2D eigenvalue weighted by molar-refractivity contribution is -0.384. The van der Waals surface area contributed by atoms with Gasteiger partial charge in [-0.15, -0.1) is 0 Å². The molecule has 0 bridgehead atoms. The molecule has 1 fully saturated rings. The van der Waals surface area contributed by atoms with Crippen molar-refractivity contribution in [2.24, 2.45) is 4.99 Å². The van der Waals surface area contributed by atoms with Gasteiger partial charge in [0.05, 0.1) is 40.1 Å². The smallest absolute Gasteiger partial charge is 0.270 e. The molecule has 216 valence electrons. The van der Waals surface area contributed by atoms with Gasteiger partial charge in [0.2, 0.25) is 5.91 Å². The van der Waals surface area contributed by atoms with Crippen LogP contribution in [0.1, 0.15) is 47.2 Å². The number of nitro groups is 1. The van der Waals surface area contributed by atoms with Gasteiger partial charge >= 0.3 is 0 Å². The van der Waals surface area contributed by atoms with Crippen molar-refractivity contribution in [1.82, 2.24) is 19.9 Å². The number of fused-ring (bicyclic) bond motifs is 1. The van der Waals surface area contributed by atoms with Gasteiger partial charge in [0.1, 0.15) is 0 Å². The lowest BCUT2D eigenvalue weighted by atomic mass is 9.98. The SMILES string of the molecule is O=C1CCCCN1CCc1ccc(C(=Nc2ccc(C=Cc3cnc[nH]3)cc2)c2c(O)[nH]c3ccc([N+](=O)[O-])cc23)cc1. The maximum absolute atomic E-state index is 12.2. The number of aromatic nitrogens is 3. The molecule has 0 spiro atoms. The van der Waals surface area contributed by atoms with Crippen molar-refractivity contribution in [3.05, 3.63) is 117 Å². The Morgan fingerprint density at radius 2 is 1.88 bits per heavy atom. The number of H-pyrrole nitrogens is 2. The Balaban J connectivity index is 1.35. The van der Waals surface area contributed by atoms with Crippen molar-refractivity contribution < 1.29 is 14.8 Å². The molecule has 0 unspecified atom stereocenters. The molecule has 10 heteroatoms. The second-order valence-corrected chi connectivity index (χ2v) is 10.5. The summed E-state index contributed by atoms with van der Waals surface area (Å²) in [6, 6.07) is 19.9. The number of aromatic hydroxyl groups is 1. The third kappa shape index (κ3) is 6.23. The number of carbonyl (C=O) groups is 1. The summed E-state index contributed by atoms with van der Waals surface area (Å²) in [5.41, 5.74) is 5.67. The summed E-state index contributed by atoms with van der Waals surface area (Å²) in [5.74, 6) is 0.0880. The van der Waals surface area contributed by atoms with E-state index in [-0.39, 0.29) is 17.5 Å². The quantitative estimate of drug-likeness (QED) is 0.106. The van der Waals surface area contributed by atoms with Crippen molar-refractivity contribution in [2.45, 2.75) is 25.7 Å². The molecule has 43 heavy (non-hydrogen) atoms. The van der Waals surface area contributed by atoms with Crippen LogP contribution in [-0.2, 0) is 11.2 Å². The highest BCUT2D eigenvalue weighted by Gasteiger charge is 2.21. The fraction of sp³-hybridized carbons (Fsp3) is 0.182. The molecule has 1 amide bonds. The average Bonchev–Trinajstić information content (AvgIpc) is 3.66. The van der Waals surface area contributed by atoms with Gasteiger partial charge in [-0.1, -0.05) is 42.5 Å². The number of hydrogen-bond acceptors (Lipinski definition) is 6. The molecule has 6 rings (SSSR count). The van der Waals surface area contributed by atoms with Crippen molar-refractivity contribution in [1.29, 1.82) is 0 Å². The molecule has 3 heterocycles. The van der Waals surface area contributed by atoms with Crippen LogP contribution in [0, 0.1) is 10.1 Å². The first kappa shape index (κ1) is 27.6. The number of nitro benzene ring substituents is 1. The minimum Gasteiger partial charge on any atom is -0.494 e. The van der Waals surface area contributed by atoms with Crippen LogP contribution in [0.15, 0.2) is 84.2 Å². The standard InChI is InChI=1S/C33H30N6O4/c40-30-3-1-2-17-38(30)18-16-23-4-9-24(10-5-23)32(31-28-19-27(39(42)43)14-15-29(28)37-33(31)41)36-25-11-6-22(7-12-25)8-13-26-20-34-21-35-26/h4-15,19-21,37,41H,1-3,16-18H2,(H,34,35). The molecule has 3 N–H and O–H groups in total. The van der Waals surface area contributed by atoms with Gasteiger partial charge in [0, 0.05) is 48.1 Å². The van der Waals surface area contributed by atoms with Crippen LogP contribution < -0.4 is 0 Å². The topological polar surface area (TPSA) is 141 Å². The number of likely N-dealkylation sites (tertiary alicyclic amines) is 1. The summed E-state index contributed by atoms with van der Waals surface area (Å²) < 4.78 is 0. The molecule has 10 nitrogen and oxygen atoms in total. The van der Waals surface area contributed by atoms with Gasteiger partial charge in [-0.2, -0.15) is 0 Å². The number of piperidine rings is 1. The average molecular weight is 575 g/mol. The van der Waals surface area contributed by atoms with Gasteiger partial charge in [-0.05, 0) is 54.7 Å². The van der Waals surface area contributed by atoms with Gasteiger partial charge in [0.25, 0.3) is 5.69 Å². The second kappa shape index (κ2) is 12.2. The molecule has 0 radical (unpaired) electrons. The van der Waals surface area contributed by atoms with Gasteiger partial charge in [0.15, 0.2) is 5.88 Å². The van der Waals surface area contributed by atoms with E-state index >= 15 is 0 Å². The van der Waals surface area contributed by atoms with Crippen LogP contribution in [0.5, 0.6) is 5.88 Å². The van der Waals surface area contributed by atoms with Crippen LogP contribution in [-0.4, -0.2) is 54.6 Å². The Hall–Kier alpha value is -5.51. The minimum absolute atomic E-state index is 0.0804. The molecular weight excluding hydrogens is 544 g/mol. The molecule has 5 aromatic rings. The first-order valence-corrected chi connectivity index (χ1v) is 14.2. The Morgan fingerprint density at radius 1 is 1.07 bits per heavy atom. The van der Waals surface area contributed by atoms with E-state index < -0.39 is 4.92 Å². The number of carbonyl (C=O) groups excluding carboxylic acids is 1. The highest BCUT2D eigenvalue weighted by molar-refractivity contribution is 6.22. The van der Waals surface area contributed by atoms with E-state index in [4.69, 9.17) is 4.99 Å². The van der Waals surface area contributed by atoms with Crippen molar-refractivity contribution >= 4 is 46.0 Å². The summed E-state index contributed by atoms with van der Waals surface area (Å²) >= 11 is 0. The number of amides is 1. The Morgan fingerprint density at radius 3 is 2.60 bits per heavy atom. The van der Waals surface area contributed by atoms with Crippen LogP contribution in [0.4, 0.5) is 11.4 Å². The third-order valence-corrected chi connectivity index (χ3v) is 7.64. The number of rotatable bonds is 9. The molecule has 0 saturated carbocycles. The normalized spacial score (nSPS) is 14.2. The fourth-order valence-electron chi connectivity index (χ4n) is 5.31. The highest BCUT2D eigenvalue weighted by atomic mass is 16.6. The first-order chi connectivity index (χ1) is 20.9. The van der Waals surface area contributed by atoms with E-state index in [0.29, 0.717) is 40.8 Å². The number of non-ortho nitro benzene ring substituents is 1. The molecule has 0 atom stereocenters. The fourth-order valence-corrected chi connectivity index (χ4v) is 5.31. The number of nitrogens with zero attached hydrogens (tertiary/aromatic N) is 4. The van der Waals surface area contributed by atoms with E-state index in [9.17, 15) is 20.0 Å². The van der Waals surface area contributed by atoms with Crippen LogP contribution in [0.2, 0.25) is 0 Å². The van der Waals surface area contributed by atoms with E-state index in [0.717, 1.165) is 48.2 Å². The Bertz CT molecular complexity index is 1820. The Labute approximate surface area is 247 Å². The Kier molecular flexibility index (Phi) is 7.82. The number of benzene rings is 3. The predicted octanol–water partition coefficient (Wildman–Crippen LogP) is 6.40. The maximum atomic E-state index is 12.2. The maximum Gasteiger partial charge on any atom is 0.270 e. The van der Waals surface area contributed by atoms with Gasteiger partial charge in [-0.25, -0.2) is 9.98 Å². The molecule has 0 aliphatic carbocycles. The lowest BCUT2D eigenvalue weighted by Crippen LogP contribution is -2.36. The highest BCUT2D eigenvalue weighted by Crippen LogP contribution is 2.34. The molecule has 1 saturated heterocycles. The first-order valence-electron chi connectivity index (χ1n) is 14.2. The minimum atomic E-state index is -0.457. The molecule has 3 aromatic carbocycles. The lowest BCUT2D eigenvalue weighted by Gasteiger charge is -2.26. The number of nitrogens with one attached hydrogen (secondary N) is 2. The van der Waals surface area contributed by atoms with E-state index in [1.807, 2.05) is 65.6 Å². The number of aliphatic imine (C=N–C) groups is 1. The summed E-state index contributed by atoms with van der Waals surface area (Å²) in [6.45, 7) is 1.48. The monoisotopic (exact) mass is 574 g/mol. The van der Waals surface area contributed by atoms with E-state index in [1.54, 1.807) is 18.6 Å². The largest absolute Gasteiger partial charge is 0.494 e. The zero-order valence-electron chi connectivity index (χ0n) is 23.4. The van der Waals surface area contributed by atoms with Crippen molar-refractivity contribution in [2.75, 3.05) is 13.1 Å². The van der Waals surface area contributed by atoms with Gasteiger partial charge < -0.3 is 20.0 Å². The molecule has 2 aromatic heterocycles. The summed E-state index contributed by atoms with van der Waals surface area (Å²) in [6.07, 6.45) is 10.6. The van der Waals surface area contributed by atoms with Crippen LogP contribution in [0.25, 0.3) is 23.1 Å². The van der Waals surface area contributed by atoms with E-state index in [1.165, 1.54) is 12.1 Å². The zero-order chi connectivity index (χ0) is 29.8. The summed E-state index contributed by atoms with van der Waals surface area (Å²) in [4.78, 5) is 40.2. The van der Waals surface area contributed by atoms with Crippen molar-refractivity contribution in [3.63, 3.8) is 0 Å². The summed E-state index contributed by atoms with van der Waals surface area (Å²) in [5, 5.41) is 23.1. The number of imidazole rings is 1. The third-order valence-electron chi connectivity index (χ3n) is 7.64. The summed E-state index contributed by atoms with van der Waals surface area (Å²) in [7, 11) is 0. The van der Waals surface area contributed by atoms with Crippen LogP contribution >= 0.6 is 0 Å². The zero-order valence-corrected chi connectivity index (χ0v) is 23.4.